The molecule has 96 valence electrons. The van der Waals surface area contributed by atoms with Crippen LogP contribution >= 0.6 is 0 Å². The van der Waals surface area contributed by atoms with Crippen molar-refractivity contribution >= 4 is 0 Å². The van der Waals surface area contributed by atoms with Gasteiger partial charge in [0, 0.05) is 18.2 Å². The number of nitrogens with zero attached hydrogens (tertiary/aromatic N) is 1. The molecule has 0 fully saturated rings. The highest BCUT2D eigenvalue weighted by atomic mass is 19.2. The highest BCUT2D eigenvalue weighted by molar-refractivity contribution is 5.21. The maximum atomic E-state index is 13.4. The minimum absolute atomic E-state index is 0.0140. The lowest BCUT2D eigenvalue weighted by Crippen LogP contribution is -2.32. The molecule has 0 bridgehead atoms. The molecule has 0 spiro atoms. The number of benzene rings is 1. The van der Waals surface area contributed by atoms with E-state index in [0.717, 1.165) is 12.5 Å². The van der Waals surface area contributed by atoms with Crippen LogP contribution < -0.4 is 0 Å². The van der Waals surface area contributed by atoms with Crippen molar-refractivity contribution in [2.75, 3.05) is 13.6 Å². The van der Waals surface area contributed by atoms with Gasteiger partial charge in [0.05, 0.1) is 6.10 Å². The summed E-state index contributed by atoms with van der Waals surface area (Å²) < 4.78 is 26.4. The topological polar surface area (TPSA) is 23.5 Å². The molecule has 1 aromatic rings. The molecule has 17 heavy (non-hydrogen) atoms. The van der Waals surface area contributed by atoms with E-state index in [0.29, 0.717) is 6.04 Å². The molecular weight excluding hydrogens is 224 g/mol. The first-order valence-corrected chi connectivity index (χ1v) is 5.79. The Bertz CT molecular complexity index is 370. The van der Waals surface area contributed by atoms with Gasteiger partial charge >= 0.3 is 0 Å². The summed E-state index contributed by atoms with van der Waals surface area (Å²) in [5, 5.41) is 9.89. The molecule has 0 amide bonds. The number of halogens is 2. The summed E-state index contributed by atoms with van der Waals surface area (Å²) in [5.74, 6) is -1.88. The normalized spacial score (nSPS) is 15.0. The van der Waals surface area contributed by atoms with Gasteiger partial charge in [-0.2, -0.15) is 0 Å². The van der Waals surface area contributed by atoms with Crippen molar-refractivity contribution in [3.63, 3.8) is 0 Å². The fourth-order valence-electron chi connectivity index (χ4n) is 1.64. The molecule has 0 aliphatic rings. The number of aliphatic hydroxyl groups excluding tert-OH is 1. The lowest BCUT2D eigenvalue weighted by molar-refractivity contribution is 0.104. The molecule has 2 unspecified atom stereocenters. The monoisotopic (exact) mass is 243 g/mol. The highest BCUT2D eigenvalue weighted by Gasteiger charge is 2.18. The first-order valence-electron chi connectivity index (χ1n) is 5.79. The summed E-state index contributed by atoms with van der Waals surface area (Å²) in [7, 11) is 1.86. The van der Waals surface area contributed by atoms with Crippen molar-refractivity contribution in [3.8, 4) is 0 Å². The van der Waals surface area contributed by atoms with Gasteiger partial charge in [0.15, 0.2) is 11.6 Å². The van der Waals surface area contributed by atoms with Crippen LogP contribution in [-0.2, 0) is 0 Å². The maximum absolute atomic E-state index is 13.4. The lowest BCUT2D eigenvalue weighted by atomic mass is 10.1. The van der Waals surface area contributed by atoms with E-state index in [-0.39, 0.29) is 12.1 Å². The molecule has 0 heterocycles. The van der Waals surface area contributed by atoms with Crippen LogP contribution in [0, 0.1) is 11.6 Å². The standard InChI is InChI=1S/C13H19F2NO/c1-4-9(2)16(3)8-12(17)10-6-5-7-11(14)13(10)15/h5-7,9,12,17H,4,8H2,1-3H3. The first kappa shape index (κ1) is 14.1. The second-order valence-electron chi connectivity index (χ2n) is 4.36. The van der Waals surface area contributed by atoms with Crippen LogP contribution in [0.25, 0.3) is 0 Å². The van der Waals surface area contributed by atoms with Gasteiger partial charge in [0.1, 0.15) is 0 Å². The molecule has 1 aromatic carbocycles. The van der Waals surface area contributed by atoms with Crippen LogP contribution in [0.5, 0.6) is 0 Å². The van der Waals surface area contributed by atoms with Crippen molar-refractivity contribution in [2.24, 2.45) is 0 Å². The van der Waals surface area contributed by atoms with E-state index < -0.39 is 17.7 Å². The molecule has 1 rings (SSSR count). The molecule has 4 heteroatoms. The minimum atomic E-state index is -1.01. The number of aliphatic hydroxyl groups is 1. The van der Waals surface area contributed by atoms with Gasteiger partial charge in [-0.1, -0.05) is 19.1 Å². The molecule has 0 aromatic heterocycles. The van der Waals surface area contributed by atoms with Crippen LogP contribution in [0.3, 0.4) is 0 Å². The quantitative estimate of drug-likeness (QED) is 0.859. The van der Waals surface area contributed by atoms with Gasteiger partial charge in [0.25, 0.3) is 0 Å². The molecular formula is C13H19F2NO. The van der Waals surface area contributed by atoms with E-state index in [2.05, 4.69) is 0 Å². The Labute approximate surface area is 101 Å². The minimum Gasteiger partial charge on any atom is -0.387 e. The van der Waals surface area contributed by atoms with E-state index in [1.807, 2.05) is 25.8 Å². The van der Waals surface area contributed by atoms with E-state index in [4.69, 9.17) is 0 Å². The van der Waals surface area contributed by atoms with Crippen LogP contribution in [0.15, 0.2) is 18.2 Å². The van der Waals surface area contributed by atoms with E-state index in [9.17, 15) is 13.9 Å². The van der Waals surface area contributed by atoms with Gasteiger partial charge in [-0.3, -0.25) is 0 Å². The fourth-order valence-corrected chi connectivity index (χ4v) is 1.64. The second kappa shape index (κ2) is 6.07. The van der Waals surface area contributed by atoms with E-state index >= 15 is 0 Å². The largest absolute Gasteiger partial charge is 0.387 e. The highest BCUT2D eigenvalue weighted by Crippen LogP contribution is 2.20. The van der Waals surface area contributed by atoms with Crippen LogP contribution in [-0.4, -0.2) is 29.6 Å². The molecule has 0 aliphatic carbocycles. The van der Waals surface area contributed by atoms with Crippen LogP contribution in [0.1, 0.15) is 31.9 Å². The molecule has 2 nitrogen and oxygen atoms in total. The zero-order valence-electron chi connectivity index (χ0n) is 10.5. The predicted molar refractivity (Wildman–Crippen MR) is 63.7 cm³/mol. The molecule has 2 atom stereocenters. The summed E-state index contributed by atoms with van der Waals surface area (Å²) in [6.07, 6.45) is -0.0702. The summed E-state index contributed by atoms with van der Waals surface area (Å²) >= 11 is 0. The Hall–Kier alpha value is -1.00. The van der Waals surface area contributed by atoms with Crippen molar-refractivity contribution in [1.29, 1.82) is 0 Å². The van der Waals surface area contributed by atoms with E-state index in [1.165, 1.54) is 12.1 Å². The van der Waals surface area contributed by atoms with Crippen molar-refractivity contribution in [2.45, 2.75) is 32.4 Å². The number of likely N-dealkylation sites (N-methyl/N-ethyl adjacent to an activating group) is 1. The molecule has 0 saturated carbocycles. The average Bonchev–Trinajstić information content (AvgIpc) is 2.31. The number of hydrogen-bond acceptors (Lipinski definition) is 2. The zero-order valence-corrected chi connectivity index (χ0v) is 10.5. The maximum Gasteiger partial charge on any atom is 0.164 e. The number of hydrogen-bond donors (Lipinski definition) is 1. The Morgan fingerprint density at radius 2 is 2.00 bits per heavy atom. The summed E-state index contributed by atoms with van der Waals surface area (Å²) in [6, 6.07) is 4.15. The predicted octanol–water partition coefficient (Wildman–Crippen LogP) is 2.73. The van der Waals surface area contributed by atoms with Gasteiger partial charge in [-0.25, -0.2) is 8.78 Å². The van der Waals surface area contributed by atoms with Crippen molar-refractivity contribution < 1.29 is 13.9 Å². The van der Waals surface area contributed by atoms with Gasteiger partial charge in [0.2, 0.25) is 0 Å². The molecule has 0 radical (unpaired) electrons. The zero-order chi connectivity index (χ0) is 13.0. The third-order valence-electron chi connectivity index (χ3n) is 3.14. The first-order chi connectivity index (χ1) is 7.97. The summed E-state index contributed by atoms with van der Waals surface area (Å²) in [4.78, 5) is 1.93. The smallest absolute Gasteiger partial charge is 0.164 e. The SMILES string of the molecule is CCC(C)N(C)CC(O)c1cccc(F)c1F. The Balaban J connectivity index is 2.76. The van der Waals surface area contributed by atoms with Crippen molar-refractivity contribution in [1.82, 2.24) is 4.90 Å². The van der Waals surface area contributed by atoms with Crippen molar-refractivity contribution in [3.05, 3.63) is 35.4 Å². The van der Waals surface area contributed by atoms with Gasteiger partial charge < -0.3 is 10.0 Å². The number of rotatable bonds is 5. The third-order valence-corrected chi connectivity index (χ3v) is 3.14. The summed E-state index contributed by atoms with van der Waals surface area (Å²) in [6.45, 7) is 4.35. The van der Waals surface area contributed by atoms with Crippen LogP contribution in [0.4, 0.5) is 8.78 Å². The molecule has 1 N–H and O–H groups in total. The fraction of sp³-hybridized carbons (Fsp3) is 0.538. The Kier molecular flexibility index (Phi) is 5.02. The van der Waals surface area contributed by atoms with Gasteiger partial charge in [-0.15, -0.1) is 0 Å². The third kappa shape index (κ3) is 3.48. The second-order valence-corrected chi connectivity index (χ2v) is 4.36. The van der Waals surface area contributed by atoms with Gasteiger partial charge in [-0.05, 0) is 26.5 Å². The summed E-state index contributed by atoms with van der Waals surface area (Å²) in [5.41, 5.74) is 0.0140. The van der Waals surface area contributed by atoms with Crippen LogP contribution in [0.2, 0.25) is 0 Å². The molecule has 0 aliphatic heterocycles. The lowest BCUT2D eigenvalue weighted by Gasteiger charge is -2.26. The average molecular weight is 243 g/mol. The van der Waals surface area contributed by atoms with E-state index in [1.54, 1.807) is 0 Å². The molecule has 0 saturated heterocycles. The Morgan fingerprint density at radius 3 is 2.59 bits per heavy atom. The Morgan fingerprint density at radius 1 is 1.35 bits per heavy atom.